The van der Waals surface area contributed by atoms with Crippen LogP contribution < -0.4 is 4.74 Å². The highest BCUT2D eigenvalue weighted by atomic mass is 127. The van der Waals surface area contributed by atoms with Crippen molar-refractivity contribution in [1.29, 1.82) is 5.26 Å². The maximum absolute atomic E-state index is 12.0. The number of rotatable bonds is 13. The number of hydrogen-bond donors (Lipinski definition) is 0. The fraction of sp³-hybridized carbons (Fsp3) is 0.619. The molecule has 0 unspecified atom stereocenters. The van der Waals surface area contributed by atoms with Crippen LogP contribution in [0.25, 0.3) is 0 Å². The second-order valence-electron chi connectivity index (χ2n) is 6.64. The predicted octanol–water partition coefficient (Wildman–Crippen LogP) is 7.37. The fourth-order valence-electron chi connectivity index (χ4n) is 2.82. The van der Waals surface area contributed by atoms with Crippen molar-refractivity contribution >= 4 is 51.2 Å². The largest absolute Gasteiger partial charge is 0.424 e. The van der Waals surface area contributed by atoms with Gasteiger partial charge in [0.05, 0.1) is 18.8 Å². The third-order valence-corrected chi connectivity index (χ3v) is 5.93. The van der Waals surface area contributed by atoms with E-state index in [4.69, 9.17) is 10.00 Å². The summed E-state index contributed by atoms with van der Waals surface area (Å²) in [5.41, 5.74) is 0.587. The van der Waals surface area contributed by atoms with Gasteiger partial charge in [0, 0.05) is 6.42 Å². The van der Waals surface area contributed by atoms with Gasteiger partial charge < -0.3 is 4.74 Å². The number of carbonyl (C=O) groups excluding carboxylic acids is 1. The molecule has 0 spiro atoms. The molecule has 3 nitrogen and oxygen atoms in total. The first-order valence-corrected chi connectivity index (χ1v) is 11.8. The summed E-state index contributed by atoms with van der Waals surface area (Å²) in [4.78, 5) is 12.0. The molecule has 1 rings (SSSR count). The van der Waals surface area contributed by atoms with Crippen LogP contribution in [0.2, 0.25) is 0 Å². The van der Waals surface area contributed by atoms with Crippen molar-refractivity contribution in [2.24, 2.45) is 0 Å². The van der Waals surface area contributed by atoms with Gasteiger partial charge in [0.25, 0.3) is 0 Å². The number of nitrogens with zero attached hydrogens (tertiary/aromatic N) is 1. The normalized spacial score (nSPS) is 10.5. The first-order chi connectivity index (χ1) is 12.6. The van der Waals surface area contributed by atoms with Gasteiger partial charge in [-0.05, 0) is 63.7 Å². The Hall–Kier alpha value is -0.360. The number of hydrogen-bond acceptors (Lipinski definition) is 3. The lowest BCUT2D eigenvalue weighted by Gasteiger charge is -2.09. The van der Waals surface area contributed by atoms with E-state index in [-0.39, 0.29) is 5.97 Å². The second-order valence-corrected chi connectivity index (χ2v) is 8.96. The number of halogens is 2. The highest BCUT2D eigenvalue weighted by molar-refractivity contribution is 14.1. The molecule has 0 radical (unpaired) electrons. The topological polar surface area (TPSA) is 50.1 Å². The predicted molar refractivity (Wildman–Crippen MR) is 123 cm³/mol. The van der Waals surface area contributed by atoms with Gasteiger partial charge in [-0.2, -0.15) is 5.26 Å². The average molecular weight is 581 g/mol. The fourth-order valence-corrected chi connectivity index (χ4v) is 4.81. The van der Waals surface area contributed by atoms with E-state index in [2.05, 4.69) is 58.2 Å². The van der Waals surface area contributed by atoms with Crippen LogP contribution in [0.3, 0.4) is 0 Å². The molecule has 0 heterocycles. The lowest BCUT2D eigenvalue weighted by atomic mass is 10.1. The van der Waals surface area contributed by atoms with E-state index >= 15 is 0 Å². The molecule has 0 atom stereocenters. The summed E-state index contributed by atoms with van der Waals surface area (Å²) in [5.74, 6) is 0.403. The lowest BCUT2D eigenvalue weighted by molar-refractivity contribution is -0.134. The SMILES string of the molecule is CCCCCCCCCCCCCC(=O)Oc1c(I)cc(C#N)cc1I. The molecule has 144 valence electrons. The summed E-state index contributed by atoms with van der Waals surface area (Å²) in [6.07, 6.45) is 14.4. The number of esters is 1. The zero-order valence-corrected chi connectivity index (χ0v) is 20.0. The van der Waals surface area contributed by atoms with Crippen LogP contribution >= 0.6 is 45.2 Å². The van der Waals surface area contributed by atoms with E-state index in [9.17, 15) is 4.79 Å². The molecule has 26 heavy (non-hydrogen) atoms. The Balaban J connectivity index is 2.12. The van der Waals surface area contributed by atoms with Crippen LogP contribution in [0.1, 0.15) is 89.5 Å². The molecular formula is C21H29I2NO2. The minimum absolute atomic E-state index is 0.179. The van der Waals surface area contributed by atoms with Crippen LogP contribution in [-0.4, -0.2) is 5.97 Å². The number of nitriles is 1. The molecule has 1 aromatic rings. The van der Waals surface area contributed by atoms with Gasteiger partial charge in [-0.3, -0.25) is 4.79 Å². The van der Waals surface area contributed by atoms with Gasteiger partial charge in [-0.25, -0.2) is 0 Å². The lowest BCUT2D eigenvalue weighted by Crippen LogP contribution is -2.09. The molecule has 0 saturated heterocycles. The molecule has 0 fully saturated rings. The number of ether oxygens (including phenoxy) is 1. The minimum Gasteiger partial charge on any atom is -0.424 e. The van der Waals surface area contributed by atoms with Gasteiger partial charge in [-0.15, -0.1) is 0 Å². The maximum atomic E-state index is 12.0. The van der Waals surface area contributed by atoms with E-state index < -0.39 is 0 Å². The maximum Gasteiger partial charge on any atom is 0.311 e. The van der Waals surface area contributed by atoms with Gasteiger partial charge in [-0.1, -0.05) is 71.1 Å². The van der Waals surface area contributed by atoms with Crippen molar-refractivity contribution in [1.82, 2.24) is 0 Å². The van der Waals surface area contributed by atoms with Gasteiger partial charge in [0.2, 0.25) is 0 Å². The van der Waals surface area contributed by atoms with E-state index in [1.807, 2.05) is 0 Å². The quantitative estimate of drug-likeness (QED) is 0.106. The number of carbonyl (C=O) groups is 1. The first kappa shape index (κ1) is 23.7. The van der Waals surface area contributed by atoms with Gasteiger partial charge in [0.15, 0.2) is 5.75 Å². The highest BCUT2D eigenvalue weighted by Crippen LogP contribution is 2.29. The molecule has 0 aliphatic heterocycles. The third-order valence-electron chi connectivity index (χ3n) is 4.33. The number of benzene rings is 1. The average Bonchev–Trinajstić information content (AvgIpc) is 2.62. The monoisotopic (exact) mass is 581 g/mol. The Morgan fingerprint density at radius 3 is 1.85 bits per heavy atom. The Labute approximate surface area is 185 Å². The van der Waals surface area contributed by atoms with Crippen LogP contribution in [0.5, 0.6) is 5.75 Å². The van der Waals surface area contributed by atoms with Crippen molar-refractivity contribution in [3.63, 3.8) is 0 Å². The summed E-state index contributed by atoms with van der Waals surface area (Å²) < 4.78 is 7.11. The summed E-state index contributed by atoms with van der Waals surface area (Å²) in [6, 6.07) is 5.60. The summed E-state index contributed by atoms with van der Waals surface area (Å²) in [5, 5.41) is 8.96. The molecule has 1 aromatic carbocycles. The Kier molecular flexibility index (Phi) is 13.4. The molecule has 0 aliphatic rings. The van der Waals surface area contributed by atoms with Crippen molar-refractivity contribution in [3.05, 3.63) is 24.8 Å². The number of unbranched alkanes of at least 4 members (excludes halogenated alkanes) is 10. The smallest absolute Gasteiger partial charge is 0.311 e. The summed E-state index contributed by atoms with van der Waals surface area (Å²) in [6.45, 7) is 2.25. The first-order valence-electron chi connectivity index (χ1n) is 9.68. The summed E-state index contributed by atoms with van der Waals surface area (Å²) >= 11 is 4.22. The zero-order chi connectivity index (χ0) is 19.2. The molecule has 5 heteroatoms. The van der Waals surface area contributed by atoms with Crippen LogP contribution in [0, 0.1) is 18.5 Å². The molecule has 0 N–H and O–H groups in total. The Morgan fingerprint density at radius 2 is 1.38 bits per heavy atom. The van der Waals surface area contributed by atoms with Gasteiger partial charge >= 0.3 is 5.97 Å². The highest BCUT2D eigenvalue weighted by Gasteiger charge is 2.13. The summed E-state index contributed by atoms with van der Waals surface area (Å²) in [7, 11) is 0. The standard InChI is InChI=1S/C21H29I2NO2/c1-2-3-4-5-6-7-8-9-10-11-12-13-20(25)26-21-18(22)14-17(16-24)15-19(21)23/h14-15H,2-13H2,1H3. The molecule has 0 aliphatic carbocycles. The van der Waals surface area contributed by atoms with E-state index in [1.54, 1.807) is 12.1 Å². The zero-order valence-electron chi connectivity index (χ0n) is 15.7. The van der Waals surface area contributed by atoms with Crippen LogP contribution in [-0.2, 0) is 4.79 Å². The minimum atomic E-state index is -0.179. The van der Waals surface area contributed by atoms with E-state index in [0.29, 0.717) is 17.7 Å². The van der Waals surface area contributed by atoms with Crippen LogP contribution in [0.4, 0.5) is 0 Å². The molecule has 0 amide bonds. The van der Waals surface area contributed by atoms with Crippen molar-refractivity contribution < 1.29 is 9.53 Å². The van der Waals surface area contributed by atoms with Crippen molar-refractivity contribution in [3.8, 4) is 11.8 Å². The van der Waals surface area contributed by atoms with Crippen LogP contribution in [0.15, 0.2) is 12.1 Å². The second kappa shape index (κ2) is 14.7. The molecular weight excluding hydrogens is 552 g/mol. The Bertz CT molecular complexity index is 573. The third kappa shape index (κ3) is 10.1. The van der Waals surface area contributed by atoms with E-state index in [1.165, 1.54) is 57.8 Å². The molecule has 0 bridgehead atoms. The van der Waals surface area contributed by atoms with Crippen molar-refractivity contribution in [2.75, 3.05) is 0 Å². The molecule has 0 aromatic heterocycles. The molecule has 0 saturated carbocycles. The van der Waals surface area contributed by atoms with Crippen molar-refractivity contribution in [2.45, 2.75) is 84.0 Å². The van der Waals surface area contributed by atoms with E-state index in [0.717, 1.165) is 20.0 Å². The Morgan fingerprint density at radius 1 is 0.923 bits per heavy atom. The van der Waals surface area contributed by atoms with Gasteiger partial charge in [0.1, 0.15) is 0 Å².